The van der Waals surface area contributed by atoms with Crippen LogP contribution in [0.2, 0.25) is 0 Å². The first kappa shape index (κ1) is 14.4. The molecule has 0 aliphatic rings. The Morgan fingerprint density at radius 3 is 2.00 bits per heavy atom. The maximum atomic E-state index is 11.6. The average molecular weight is 251 g/mol. The van der Waals surface area contributed by atoms with Gasteiger partial charge in [-0.2, -0.15) is 0 Å². The van der Waals surface area contributed by atoms with Crippen LogP contribution in [-0.4, -0.2) is 26.8 Å². The largest absolute Gasteiger partial charge is 0.326 e. The molecule has 0 bridgehead atoms. The Morgan fingerprint density at radius 2 is 1.67 bits per heavy atom. The Bertz CT molecular complexity index is 401. The summed E-state index contributed by atoms with van der Waals surface area (Å²) in [6.45, 7) is 0.419. The van der Waals surface area contributed by atoms with E-state index in [1.807, 2.05) is 0 Å². The third-order valence-corrected chi connectivity index (χ3v) is 3.77. The van der Waals surface area contributed by atoms with Gasteiger partial charge in [0.25, 0.3) is 0 Å². The molecule has 0 spiro atoms. The van der Waals surface area contributed by atoms with Gasteiger partial charge in [-0.25, -0.2) is 12.7 Å². The van der Waals surface area contributed by atoms with Crippen molar-refractivity contribution in [1.82, 2.24) is 4.31 Å². The third-order valence-electron chi connectivity index (χ3n) is 1.94. The van der Waals surface area contributed by atoms with Crippen LogP contribution in [0, 0.1) is 0 Å². The van der Waals surface area contributed by atoms with Crippen LogP contribution in [-0.2, 0) is 16.6 Å². The molecule has 0 saturated carbocycles. The number of nitrogens with two attached hydrogens (primary N) is 1. The molecule has 86 valence electrons. The lowest BCUT2D eigenvalue weighted by Gasteiger charge is -2.11. The summed E-state index contributed by atoms with van der Waals surface area (Å²) in [6, 6.07) is 6.57. The molecule has 4 nitrogen and oxygen atoms in total. The van der Waals surface area contributed by atoms with E-state index in [1.165, 1.54) is 18.4 Å². The lowest BCUT2D eigenvalue weighted by Crippen LogP contribution is -2.22. The van der Waals surface area contributed by atoms with E-state index < -0.39 is 10.0 Å². The fourth-order valence-corrected chi connectivity index (χ4v) is 1.91. The fourth-order valence-electron chi connectivity index (χ4n) is 1.01. The molecule has 0 atom stereocenters. The van der Waals surface area contributed by atoms with Gasteiger partial charge in [0.1, 0.15) is 0 Å². The minimum Gasteiger partial charge on any atom is -0.326 e. The number of rotatable bonds is 3. The number of hydrogen-bond acceptors (Lipinski definition) is 3. The highest BCUT2D eigenvalue weighted by atomic mass is 35.5. The molecule has 0 saturated heterocycles. The van der Waals surface area contributed by atoms with E-state index in [1.54, 1.807) is 24.3 Å². The first-order valence-electron chi connectivity index (χ1n) is 4.20. The van der Waals surface area contributed by atoms with Crippen molar-refractivity contribution in [3.05, 3.63) is 29.8 Å². The second-order valence-electron chi connectivity index (χ2n) is 3.14. The van der Waals surface area contributed by atoms with Crippen LogP contribution in [0.1, 0.15) is 5.56 Å². The van der Waals surface area contributed by atoms with Crippen molar-refractivity contribution in [2.75, 3.05) is 14.1 Å². The molecular weight excluding hydrogens is 236 g/mol. The van der Waals surface area contributed by atoms with Crippen molar-refractivity contribution in [3.8, 4) is 0 Å². The van der Waals surface area contributed by atoms with Crippen molar-refractivity contribution >= 4 is 22.4 Å². The topological polar surface area (TPSA) is 63.4 Å². The number of halogens is 1. The van der Waals surface area contributed by atoms with Crippen molar-refractivity contribution < 1.29 is 8.42 Å². The van der Waals surface area contributed by atoms with Gasteiger partial charge in [-0.05, 0) is 17.7 Å². The van der Waals surface area contributed by atoms with Gasteiger partial charge in [0.2, 0.25) is 10.0 Å². The van der Waals surface area contributed by atoms with E-state index in [0.29, 0.717) is 11.4 Å². The summed E-state index contributed by atoms with van der Waals surface area (Å²) in [4.78, 5) is 0.291. The van der Waals surface area contributed by atoms with Gasteiger partial charge >= 0.3 is 0 Å². The van der Waals surface area contributed by atoms with E-state index in [9.17, 15) is 8.42 Å². The zero-order chi connectivity index (χ0) is 10.8. The number of nitrogens with zero attached hydrogens (tertiary/aromatic N) is 1. The lowest BCUT2D eigenvalue weighted by atomic mass is 10.2. The average Bonchev–Trinajstić information content (AvgIpc) is 2.17. The fraction of sp³-hybridized carbons (Fsp3) is 0.333. The van der Waals surface area contributed by atoms with Crippen LogP contribution in [0.15, 0.2) is 29.2 Å². The van der Waals surface area contributed by atoms with Gasteiger partial charge in [-0.15, -0.1) is 12.4 Å². The van der Waals surface area contributed by atoms with E-state index in [0.717, 1.165) is 5.56 Å². The van der Waals surface area contributed by atoms with Crippen LogP contribution >= 0.6 is 12.4 Å². The molecule has 1 aromatic rings. The summed E-state index contributed by atoms with van der Waals surface area (Å²) < 4.78 is 24.4. The summed E-state index contributed by atoms with van der Waals surface area (Å²) in [6.07, 6.45) is 0. The molecule has 0 aromatic heterocycles. The Balaban J connectivity index is 0.00000196. The van der Waals surface area contributed by atoms with Gasteiger partial charge in [-0.3, -0.25) is 0 Å². The molecule has 0 unspecified atom stereocenters. The van der Waals surface area contributed by atoms with Gasteiger partial charge in [-0.1, -0.05) is 12.1 Å². The quantitative estimate of drug-likeness (QED) is 0.864. The minimum absolute atomic E-state index is 0. The lowest BCUT2D eigenvalue weighted by molar-refractivity contribution is 0.520. The summed E-state index contributed by atoms with van der Waals surface area (Å²) in [5.41, 5.74) is 6.33. The summed E-state index contributed by atoms with van der Waals surface area (Å²) in [5, 5.41) is 0. The Morgan fingerprint density at radius 1 is 1.20 bits per heavy atom. The zero-order valence-corrected chi connectivity index (χ0v) is 10.3. The molecule has 15 heavy (non-hydrogen) atoms. The summed E-state index contributed by atoms with van der Waals surface area (Å²) in [5.74, 6) is 0. The van der Waals surface area contributed by atoms with Gasteiger partial charge < -0.3 is 5.73 Å². The number of hydrogen-bond donors (Lipinski definition) is 1. The SMILES string of the molecule is CN(C)S(=O)(=O)c1ccc(CN)cc1.Cl. The molecule has 1 rings (SSSR count). The first-order valence-corrected chi connectivity index (χ1v) is 5.64. The molecule has 1 aromatic carbocycles. The number of benzene rings is 1. The summed E-state index contributed by atoms with van der Waals surface area (Å²) in [7, 11) is -0.297. The summed E-state index contributed by atoms with van der Waals surface area (Å²) >= 11 is 0. The van der Waals surface area contributed by atoms with Crippen molar-refractivity contribution in [3.63, 3.8) is 0 Å². The number of sulfonamides is 1. The van der Waals surface area contributed by atoms with Gasteiger partial charge in [0.15, 0.2) is 0 Å². The Kier molecular flexibility index (Phi) is 5.23. The molecule has 0 aliphatic heterocycles. The first-order chi connectivity index (χ1) is 6.48. The molecule has 0 radical (unpaired) electrons. The molecule has 2 N–H and O–H groups in total. The maximum absolute atomic E-state index is 11.6. The van der Waals surface area contributed by atoms with E-state index >= 15 is 0 Å². The predicted octanol–water partition coefficient (Wildman–Crippen LogP) is 0.817. The molecule has 0 aliphatic carbocycles. The molecule has 0 fully saturated rings. The second-order valence-corrected chi connectivity index (χ2v) is 5.29. The smallest absolute Gasteiger partial charge is 0.242 e. The van der Waals surface area contributed by atoms with Gasteiger partial charge in [0.05, 0.1) is 4.90 Å². The highest BCUT2D eigenvalue weighted by Gasteiger charge is 2.16. The van der Waals surface area contributed by atoms with Crippen LogP contribution in [0.25, 0.3) is 0 Å². The van der Waals surface area contributed by atoms with Crippen molar-refractivity contribution in [2.24, 2.45) is 5.73 Å². The van der Waals surface area contributed by atoms with E-state index in [4.69, 9.17) is 5.73 Å². The zero-order valence-electron chi connectivity index (χ0n) is 8.67. The van der Waals surface area contributed by atoms with E-state index in [2.05, 4.69) is 0 Å². The van der Waals surface area contributed by atoms with Crippen LogP contribution < -0.4 is 5.73 Å². The minimum atomic E-state index is -3.31. The van der Waals surface area contributed by atoms with Crippen LogP contribution in [0.5, 0.6) is 0 Å². The van der Waals surface area contributed by atoms with Gasteiger partial charge in [0, 0.05) is 20.6 Å². The normalized spacial score (nSPS) is 11.2. The van der Waals surface area contributed by atoms with Crippen LogP contribution in [0.4, 0.5) is 0 Å². The standard InChI is InChI=1S/C9H14N2O2S.ClH/c1-11(2)14(12,13)9-5-3-8(7-10)4-6-9;/h3-6H,7,10H2,1-2H3;1H. The Labute approximate surface area is 96.5 Å². The van der Waals surface area contributed by atoms with Crippen molar-refractivity contribution in [1.29, 1.82) is 0 Å². The van der Waals surface area contributed by atoms with Crippen molar-refractivity contribution in [2.45, 2.75) is 11.4 Å². The molecule has 0 amide bonds. The maximum Gasteiger partial charge on any atom is 0.242 e. The Hall–Kier alpha value is -0.620. The monoisotopic (exact) mass is 250 g/mol. The molecular formula is C9H15ClN2O2S. The van der Waals surface area contributed by atoms with E-state index in [-0.39, 0.29) is 12.4 Å². The predicted molar refractivity (Wildman–Crippen MR) is 62.5 cm³/mol. The third kappa shape index (κ3) is 3.17. The molecule has 0 heterocycles. The molecule has 6 heteroatoms. The second kappa shape index (κ2) is 5.46. The highest BCUT2D eigenvalue weighted by Crippen LogP contribution is 2.13. The van der Waals surface area contributed by atoms with Crippen LogP contribution in [0.3, 0.4) is 0 Å². The highest BCUT2D eigenvalue weighted by molar-refractivity contribution is 7.89.